The first kappa shape index (κ1) is 14.0. The summed E-state index contributed by atoms with van der Waals surface area (Å²) in [5, 5.41) is 8.64. The summed E-state index contributed by atoms with van der Waals surface area (Å²) in [5.74, 6) is 0.312. The van der Waals surface area contributed by atoms with Crippen LogP contribution in [0.25, 0.3) is 0 Å². The standard InChI is InChI=1S/C12H23N3O2/c1-9(2)6-14-11(16)8-15-12(17)10-4-3-5-13-7-10/h9-10,13H,3-8H2,1-2H3,(H,14,16)(H,15,17). The zero-order chi connectivity index (χ0) is 12.7. The highest BCUT2D eigenvalue weighted by Crippen LogP contribution is 2.09. The first-order valence-electron chi connectivity index (χ1n) is 6.34. The van der Waals surface area contributed by atoms with Crippen LogP contribution in [0.3, 0.4) is 0 Å². The average molecular weight is 241 g/mol. The van der Waals surface area contributed by atoms with Crippen LogP contribution < -0.4 is 16.0 Å². The topological polar surface area (TPSA) is 70.2 Å². The molecule has 0 aliphatic carbocycles. The lowest BCUT2D eigenvalue weighted by Crippen LogP contribution is -2.44. The summed E-state index contributed by atoms with van der Waals surface area (Å²) in [5.41, 5.74) is 0. The molecule has 1 aliphatic heterocycles. The van der Waals surface area contributed by atoms with Gasteiger partial charge in [0.1, 0.15) is 0 Å². The molecule has 0 spiro atoms. The van der Waals surface area contributed by atoms with E-state index in [0.29, 0.717) is 12.5 Å². The first-order valence-corrected chi connectivity index (χ1v) is 6.34. The molecule has 5 nitrogen and oxygen atoms in total. The molecule has 17 heavy (non-hydrogen) atoms. The summed E-state index contributed by atoms with van der Waals surface area (Å²) in [6, 6.07) is 0. The fourth-order valence-electron chi connectivity index (χ4n) is 1.77. The van der Waals surface area contributed by atoms with Crippen molar-refractivity contribution in [2.45, 2.75) is 26.7 Å². The van der Waals surface area contributed by atoms with E-state index in [0.717, 1.165) is 25.9 Å². The lowest BCUT2D eigenvalue weighted by Gasteiger charge is -2.21. The number of piperidine rings is 1. The van der Waals surface area contributed by atoms with Crippen molar-refractivity contribution in [2.75, 3.05) is 26.2 Å². The van der Waals surface area contributed by atoms with Crippen LogP contribution in [0, 0.1) is 11.8 Å². The number of amides is 2. The molecule has 0 aromatic heterocycles. The van der Waals surface area contributed by atoms with E-state index in [4.69, 9.17) is 0 Å². The third-order valence-corrected chi connectivity index (χ3v) is 2.80. The molecule has 3 N–H and O–H groups in total. The monoisotopic (exact) mass is 241 g/mol. The van der Waals surface area contributed by atoms with Crippen LogP contribution in [0.4, 0.5) is 0 Å². The van der Waals surface area contributed by atoms with Crippen molar-refractivity contribution in [3.05, 3.63) is 0 Å². The second-order valence-corrected chi connectivity index (χ2v) is 4.96. The van der Waals surface area contributed by atoms with Crippen LogP contribution in [-0.2, 0) is 9.59 Å². The molecule has 1 heterocycles. The predicted octanol–water partition coefficient (Wildman–Crippen LogP) is -0.126. The van der Waals surface area contributed by atoms with Crippen molar-refractivity contribution >= 4 is 11.8 Å². The third kappa shape index (κ3) is 5.68. The summed E-state index contributed by atoms with van der Waals surface area (Å²) < 4.78 is 0. The van der Waals surface area contributed by atoms with Crippen LogP contribution in [0.15, 0.2) is 0 Å². The molecular formula is C12H23N3O2. The van der Waals surface area contributed by atoms with Gasteiger partial charge in [-0.2, -0.15) is 0 Å². The van der Waals surface area contributed by atoms with E-state index >= 15 is 0 Å². The maximum atomic E-state index is 11.7. The molecule has 1 fully saturated rings. The SMILES string of the molecule is CC(C)CNC(=O)CNC(=O)C1CCCNC1. The van der Waals surface area contributed by atoms with Gasteiger partial charge < -0.3 is 16.0 Å². The summed E-state index contributed by atoms with van der Waals surface area (Å²) in [6.45, 7) is 6.51. The Labute approximate surface area is 103 Å². The number of hydrogen-bond donors (Lipinski definition) is 3. The molecule has 98 valence electrons. The molecule has 0 bridgehead atoms. The predicted molar refractivity (Wildman–Crippen MR) is 66.5 cm³/mol. The largest absolute Gasteiger partial charge is 0.354 e. The smallest absolute Gasteiger partial charge is 0.239 e. The van der Waals surface area contributed by atoms with Gasteiger partial charge in [-0.3, -0.25) is 9.59 Å². The highest BCUT2D eigenvalue weighted by Gasteiger charge is 2.20. The fourth-order valence-corrected chi connectivity index (χ4v) is 1.77. The molecule has 1 rings (SSSR count). The normalized spacial score (nSPS) is 20.1. The quantitative estimate of drug-likeness (QED) is 0.628. The van der Waals surface area contributed by atoms with E-state index in [1.165, 1.54) is 0 Å². The van der Waals surface area contributed by atoms with Crippen LogP contribution in [0.5, 0.6) is 0 Å². The maximum absolute atomic E-state index is 11.7. The molecular weight excluding hydrogens is 218 g/mol. The van der Waals surface area contributed by atoms with Gasteiger partial charge in [-0.1, -0.05) is 13.8 Å². The Balaban J connectivity index is 2.16. The van der Waals surface area contributed by atoms with E-state index in [-0.39, 0.29) is 24.3 Å². The lowest BCUT2D eigenvalue weighted by atomic mass is 9.99. The van der Waals surface area contributed by atoms with E-state index in [2.05, 4.69) is 16.0 Å². The molecule has 0 aromatic carbocycles. The van der Waals surface area contributed by atoms with Crippen molar-refractivity contribution < 1.29 is 9.59 Å². The van der Waals surface area contributed by atoms with Crippen molar-refractivity contribution in [3.8, 4) is 0 Å². The highest BCUT2D eigenvalue weighted by atomic mass is 16.2. The molecule has 1 aliphatic rings. The average Bonchev–Trinajstić information content (AvgIpc) is 2.34. The Morgan fingerprint density at radius 3 is 2.71 bits per heavy atom. The van der Waals surface area contributed by atoms with Gasteiger partial charge in [0, 0.05) is 13.1 Å². The molecule has 5 heteroatoms. The fraction of sp³-hybridized carbons (Fsp3) is 0.833. The summed E-state index contributed by atoms with van der Waals surface area (Å²) in [6.07, 6.45) is 1.93. The van der Waals surface area contributed by atoms with Gasteiger partial charge in [0.25, 0.3) is 0 Å². The molecule has 1 saturated heterocycles. The zero-order valence-corrected chi connectivity index (χ0v) is 10.7. The number of hydrogen-bond acceptors (Lipinski definition) is 3. The summed E-state index contributed by atoms with van der Waals surface area (Å²) >= 11 is 0. The molecule has 0 aromatic rings. The number of carbonyl (C=O) groups is 2. The minimum absolute atomic E-state index is 0.0154. The number of nitrogens with one attached hydrogen (secondary N) is 3. The van der Waals surface area contributed by atoms with Crippen LogP contribution in [0.1, 0.15) is 26.7 Å². The van der Waals surface area contributed by atoms with Crippen molar-refractivity contribution in [1.29, 1.82) is 0 Å². The van der Waals surface area contributed by atoms with Crippen LogP contribution in [-0.4, -0.2) is 38.0 Å². The molecule has 0 radical (unpaired) electrons. The van der Waals surface area contributed by atoms with E-state index in [1.54, 1.807) is 0 Å². The Bertz CT molecular complexity index is 260. The number of carbonyl (C=O) groups excluding carboxylic acids is 2. The minimum Gasteiger partial charge on any atom is -0.354 e. The van der Waals surface area contributed by atoms with Crippen LogP contribution in [0.2, 0.25) is 0 Å². The molecule has 0 saturated carbocycles. The van der Waals surface area contributed by atoms with Gasteiger partial charge in [0.2, 0.25) is 11.8 Å². The van der Waals surface area contributed by atoms with E-state index in [1.807, 2.05) is 13.8 Å². The number of rotatable bonds is 5. The van der Waals surface area contributed by atoms with Crippen molar-refractivity contribution in [2.24, 2.45) is 11.8 Å². The Morgan fingerprint density at radius 1 is 1.35 bits per heavy atom. The lowest BCUT2D eigenvalue weighted by molar-refractivity contribution is -0.129. The van der Waals surface area contributed by atoms with Gasteiger partial charge in [-0.25, -0.2) is 0 Å². The Hall–Kier alpha value is -1.10. The highest BCUT2D eigenvalue weighted by molar-refractivity contribution is 5.85. The molecule has 1 unspecified atom stereocenters. The van der Waals surface area contributed by atoms with Gasteiger partial charge in [-0.15, -0.1) is 0 Å². The molecule has 2 amide bonds. The minimum atomic E-state index is -0.115. The molecule has 1 atom stereocenters. The van der Waals surface area contributed by atoms with Gasteiger partial charge >= 0.3 is 0 Å². The Morgan fingerprint density at radius 2 is 2.12 bits per heavy atom. The second kappa shape index (κ2) is 7.27. The second-order valence-electron chi connectivity index (χ2n) is 4.96. The van der Waals surface area contributed by atoms with E-state index < -0.39 is 0 Å². The van der Waals surface area contributed by atoms with E-state index in [9.17, 15) is 9.59 Å². The summed E-state index contributed by atoms with van der Waals surface area (Å²) in [4.78, 5) is 23.1. The van der Waals surface area contributed by atoms with Crippen molar-refractivity contribution in [3.63, 3.8) is 0 Å². The van der Waals surface area contributed by atoms with Gasteiger partial charge in [-0.05, 0) is 25.3 Å². The van der Waals surface area contributed by atoms with Gasteiger partial charge in [0.15, 0.2) is 0 Å². The first-order chi connectivity index (χ1) is 8.09. The van der Waals surface area contributed by atoms with Crippen molar-refractivity contribution in [1.82, 2.24) is 16.0 Å². The third-order valence-electron chi connectivity index (χ3n) is 2.80. The zero-order valence-electron chi connectivity index (χ0n) is 10.7. The Kier molecular flexibility index (Phi) is 5.97. The summed E-state index contributed by atoms with van der Waals surface area (Å²) in [7, 11) is 0. The maximum Gasteiger partial charge on any atom is 0.239 e. The van der Waals surface area contributed by atoms with Gasteiger partial charge in [0.05, 0.1) is 12.5 Å². The van der Waals surface area contributed by atoms with Crippen LogP contribution >= 0.6 is 0 Å².